The van der Waals surface area contributed by atoms with Crippen LogP contribution >= 0.6 is 0 Å². The van der Waals surface area contributed by atoms with E-state index in [-0.39, 0.29) is 6.10 Å². The standard InChI is InChI=1S/C15H24N2O/c1-12(2)18-14-6-4-13(5-7-14)15-8-10-17(3)11-9-16-15/h4-7,12,15-16H,8-11H2,1-3H3. The van der Waals surface area contributed by atoms with Gasteiger partial charge in [-0.2, -0.15) is 0 Å². The quantitative estimate of drug-likeness (QED) is 0.889. The van der Waals surface area contributed by atoms with Crippen LogP contribution in [0, 0.1) is 0 Å². The summed E-state index contributed by atoms with van der Waals surface area (Å²) in [6.45, 7) is 7.45. The van der Waals surface area contributed by atoms with Gasteiger partial charge in [0.25, 0.3) is 0 Å². The number of hydrogen-bond acceptors (Lipinski definition) is 3. The number of benzene rings is 1. The summed E-state index contributed by atoms with van der Waals surface area (Å²) >= 11 is 0. The van der Waals surface area contributed by atoms with Crippen LogP contribution in [0.2, 0.25) is 0 Å². The average molecular weight is 248 g/mol. The topological polar surface area (TPSA) is 24.5 Å². The van der Waals surface area contributed by atoms with Crippen molar-refractivity contribution in [3.8, 4) is 5.75 Å². The normalized spacial score (nSPS) is 21.9. The van der Waals surface area contributed by atoms with E-state index in [4.69, 9.17) is 4.74 Å². The summed E-state index contributed by atoms with van der Waals surface area (Å²) in [5, 5.41) is 3.61. The van der Waals surface area contributed by atoms with Crippen molar-refractivity contribution in [2.45, 2.75) is 32.4 Å². The highest BCUT2D eigenvalue weighted by molar-refractivity contribution is 5.29. The van der Waals surface area contributed by atoms with Crippen molar-refractivity contribution in [3.63, 3.8) is 0 Å². The minimum Gasteiger partial charge on any atom is -0.491 e. The maximum Gasteiger partial charge on any atom is 0.119 e. The number of rotatable bonds is 3. The van der Waals surface area contributed by atoms with Crippen molar-refractivity contribution in [1.82, 2.24) is 10.2 Å². The molecule has 1 N–H and O–H groups in total. The van der Waals surface area contributed by atoms with Crippen molar-refractivity contribution in [3.05, 3.63) is 29.8 Å². The lowest BCUT2D eigenvalue weighted by molar-refractivity contribution is 0.242. The van der Waals surface area contributed by atoms with Crippen LogP contribution in [-0.4, -0.2) is 37.7 Å². The Morgan fingerprint density at radius 1 is 1.22 bits per heavy atom. The summed E-state index contributed by atoms with van der Waals surface area (Å²) in [5.74, 6) is 0.958. The fourth-order valence-electron chi connectivity index (χ4n) is 2.33. The second kappa shape index (κ2) is 6.21. The largest absolute Gasteiger partial charge is 0.491 e. The van der Waals surface area contributed by atoms with Gasteiger partial charge in [-0.25, -0.2) is 0 Å². The van der Waals surface area contributed by atoms with Gasteiger partial charge in [-0.15, -0.1) is 0 Å². The summed E-state index contributed by atoms with van der Waals surface area (Å²) in [5.41, 5.74) is 1.36. The Bertz CT molecular complexity index is 361. The number of nitrogens with zero attached hydrogens (tertiary/aromatic N) is 1. The number of ether oxygens (including phenoxy) is 1. The van der Waals surface area contributed by atoms with Crippen LogP contribution in [0.15, 0.2) is 24.3 Å². The van der Waals surface area contributed by atoms with Crippen molar-refractivity contribution >= 4 is 0 Å². The predicted octanol–water partition coefficient (Wildman–Crippen LogP) is 2.44. The monoisotopic (exact) mass is 248 g/mol. The third-order valence-electron chi connectivity index (χ3n) is 3.34. The van der Waals surface area contributed by atoms with Crippen molar-refractivity contribution in [2.75, 3.05) is 26.7 Å². The van der Waals surface area contributed by atoms with Crippen LogP contribution in [0.1, 0.15) is 31.9 Å². The van der Waals surface area contributed by atoms with Crippen LogP contribution in [-0.2, 0) is 0 Å². The van der Waals surface area contributed by atoms with E-state index in [9.17, 15) is 0 Å². The van der Waals surface area contributed by atoms with Gasteiger partial charge in [0, 0.05) is 19.1 Å². The van der Waals surface area contributed by atoms with Gasteiger partial charge in [0.05, 0.1) is 6.10 Å². The molecule has 0 bridgehead atoms. The molecule has 18 heavy (non-hydrogen) atoms. The molecule has 1 aromatic carbocycles. The maximum atomic E-state index is 5.67. The molecule has 0 aromatic heterocycles. The molecule has 0 spiro atoms. The fourth-order valence-corrected chi connectivity index (χ4v) is 2.33. The Labute approximate surface area is 110 Å². The number of hydrogen-bond donors (Lipinski definition) is 1. The zero-order valence-corrected chi connectivity index (χ0v) is 11.6. The molecule has 3 heteroatoms. The van der Waals surface area contributed by atoms with Crippen LogP contribution in [0.5, 0.6) is 5.75 Å². The minimum absolute atomic E-state index is 0.237. The molecule has 3 nitrogen and oxygen atoms in total. The van der Waals surface area contributed by atoms with Crippen LogP contribution < -0.4 is 10.1 Å². The smallest absolute Gasteiger partial charge is 0.119 e. The summed E-state index contributed by atoms with van der Waals surface area (Å²) in [7, 11) is 2.18. The summed E-state index contributed by atoms with van der Waals surface area (Å²) < 4.78 is 5.67. The molecular formula is C15H24N2O. The van der Waals surface area contributed by atoms with E-state index in [0.717, 1.165) is 25.4 Å². The second-order valence-corrected chi connectivity index (χ2v) is 5.33. The second-order valence-electron chi connectivity index (χ2n) is 5.33. The van der Waals surface area contributed by atoms with E-state index >= 15 is 0 Å². The molecule has 2 rings (SSSR count). The van der Waals surface area contributed by atoms with Gasteiger partial charge in [-0.3, -0.25) is 0 Å². The highest BCUT2D eigenvalue weighted by Gasteiger charge is 2.15. The fraction of sp³-hybridized carbons (Fsp3) is 0.600. The SMILES string of the molecule is CC(C)Oc1ccc(C2CCN(C)CCN2)cc1. The number of nitrogens with one attached hydrogen (secondary N) is 1. The van der Waals surface area contributed by atoms with Gasteiger partial charge in [0.15, 0.2) is 0 Å². The Morgan fingerprint density at radius 3 is 2.61 bits per heavy atom. The number of likely N-dealkylation sites (N-methyl/N-ethyl adjacent to an activating group) is 1. The van der Waals surface area contributed by atoms with E-state index in [1.807, 2.05) is 0 Å². The molecule has 100 valence electrons. The first-order valence-electron chi connectivity index (χ1n) is 6.83. The molecule has 0 aliphatic carbocycles. The van der Waals surface area contributed by atoms with Crippen molar-refractivity contribution < 1.29 is 4.74 Å². The highest BCUT2D eigenvalue weighted by Crippen LogP contribution is 2.22. The van der Waals surface area contributed by atoms with Crippen LogP contribution in [0.3, 0.4) is 0 Å². The van der Waals surface area contributed by atoms with Gasteiger partial charge in [-0.05, 0) is 51.6 Å². The lowest BCUT2D eigenvalue weighted by Crippen LogP contribution is -2.25. The zero-order valence-electron chi connectivity index (χ0n) is 11.6. The van der Waals surface area contributed by atoms with Crippen molar-refractivity contribution in [2.24, 2.45) is 0 Å². The molecule has 1 aliphatic heterocycles. The summed E-state index contributed by atoms with van der Waals surface area (Å²) in [4.78, 5) is 2.38. The maximum absolute atomic E-state index is 5.67. The van der Waals surface area contributed by atoms with Crippen LogP contribution in [0.25, 0.3) is 0 Å². The Hall–Kier alpha value is -1.06. The van der Waals surface area contributed by atoms with Crippen LogP contribution in [0.4, 0.5) is 0 Å². The first kappa shape index (κ1) is 13.4. The van der Waals surface area contributed by atoms with E-state index in [2.05, 4.69) is 55.4 Å². The van der Waals surface area contributed by atoms with Gasteiger partial charge in [-0.1, -0.05) is 12.1 Å². The Balaban J connectivity index is 2.00. The van der Waals surface area contributed by atoms with E-state index in [1.54, 1.807) is 0 Å². The third kappa shape index (κ3) is 3.72. The van der Waals surface area contributed by atoms with Gasteiger partial charge < -0.3 is 15.0 Å². The Kier molecular flexibility index (Phi) is 4.61. The first-order valence-corrected chi connectivity index (χ1v) is 6.83. The lowest BCUT2D eigenvalue weighted by Gasteiger charge is -2.17. The molecule has 0 saturated carbocycles. The third-order valence-corrected chi connectivity index (χ3v) is 3.34. The first-order chi connectivity index (χ1) is 8.65. The molecule has 1 atom stereocenters. The molecule has 1 heterocycles. The highest BCUT2D eigenvalue weighted by atomic mass is 16.5. The molecule has 1 saturated heterocycles. The molecule has 1 fully saturated rings. The molecule has 0 amide bonds. The van der Waals surface area contributed by atoms with E-state index in [1.165, 1.54) is 12.0 Å². The van der Waals surface area contributed by atoms with Gasteiger partial charge >= 0.3 is 0 Å². The summed E-state index contributed by atoms with van der Waals surface area (Å²) in [6, 6.07) is 8.99. The predicted molar refractivity (Wildman–Crippen MR) is 75.1 cm³/mol. The molecule has 1 unspecified atom stereocenters. The Morgan fingerprint density at radius 2 is 1.94 bits per heavy atom. The van der Waals surface area contributed by atoms with Gasteiger partial charge in [0.1, 0.15) is 5.75 Å². The molecule has 0 radical (unpaired) electrons. The van der Waals surface area contributed by atoms with Crippen molar-refractivity contribution in [1.29, 1.82) is 0 Å². The molecule has 1 aromatic rings. The molecule has 1 aliphatic rings. The van der Waals surface area contributed by atoms with E-state index < -0.39 is 0 Å². The van der Waals surface area contributed by atoms with Gasteiger partial charge in [0.2, 0.25) is 0 Å². The lowest BCUT2D eigenvalue weighted by atomic mass is 10.0. The zero-order chi connectivity index (χ0) is 13.0. The summed E-state index contributed by atoms with van der Waals surface area (Å²) in [6.07, 6.45) is 1.40. The minimum atomic E-state index is 0.237. The van der Waals surface area contributed by atoms with E-state index in [0.29, 0.717) is 6.04 Å². The average Bonchev–Trinajstić information content (AvgIpc) is 2.54. The molecular weight excluding hydrogens is 224 g/mol.